The second-order valence-corrected chi connectivity index (χ2v) is 5.52. The third-order valence-electron chi connectivity index (χ3n) is 3.71. The van der Waals surface area contributed by atoms with Crippen LogP contribution in [-0.2, 0) is 0 Å². The Hall–Kier alpha value is -0.770. The number of anilines is 1. The van der Waals surface area contributed by atoms with E-state index in [0.29, 0.717) is 12.5 Å². The van der Waals surface area contributed by atoms with Crippen LogP contribution in [0.5, 0.6) is 0 Å². The van der Waals surface area contributed by atoms with Gasteiger partial charge in [0.1, 0.15) is 0 Å². The molecule has 1 atom stereocenters. The maximum absolute atomic E-state index is 9.14. The predicted molar refractivity (Wildman–Crippen MR) is 76.1 cm³/mol. The fourth-order valence-corrected chi connectivity index (χ4v) is 2.73. The molecule has 0 spiro atoms. The normalized spacial score (nSPS) is 19.0. The maximum Gasteiger partial charge on any atom is 0.0642 e. The largest absolute Gasteiger partial charge is 0.396 e. The molecule has 18 heavy (non-hydrogen) atoms. The second-order valence-electron chi connectivity index (χ2n) is 5.11. The summed E-state index contributed by atoms with van der Waals surface area (Å²) in [6.07, 6.45) is 2.06. The molecule has 1 aromatic carbocycles. The Labute approximate surface area is 114 Å². The van der Waals surface area contributed by atoms with E-state index >= 15 is 0 Å². The Kier molecular flexibility index (Phi) is 4.49. The topological polar surface area (TPSA) is 49.5 Å². The monoisotopic (exact) mass is 268 g/mol. The Morgan fingerprint density at radius 2 is 2.11 bits per heavy atom. The van der Waals surface area contributed by atoms with Crippen molar-refractivity contribution in [1.29, 1.82) is 0 Å². The number of hydrogen-bond donors (Lipinski definition) is 2. The summed E-state index contributed by atoms with van der Waals surface area (Å²) in [5, 5.41) is 9.91. The quantitative estimate of drug-likeness (QED) is 0.886. The molecule has 1 saturated heterocycles. The van der Waals surface area contributed by atoms with Crippen LogP contribution in [0.25, 0.3) is 0 Å². The van der Waals surface area contributed by atoms with E-state index in [1.54, 1.807) is 0 Å². The van der Waals surface area contributed by atoms with Gasteiger partial charge in [0, 0.05) is 25.7 Å². The van der Waals surface area contributed by atoms with Crippen molar-refractivity contribution in [3.63, 3.8) is 0 Å². The molecular formula is C14H21ClN2O. The van der Waals surface area contributed by atoms with Gasteiger partial charge in [0.2, 0.25) is 0 Å². The van der Waals surface area contributed by atoms with Crippen molar-refractivity contribution in [2.45, 2.75) is 25.8 Å². The average molecular weight is 269 g/mol. The number of hydrogen-bond acceptors (Lipinski definition) is 3. The van der Waals surface area contributed by atoms with Crippen LogP contribution >= 0.6 is 11.6 Å². The minimum atomic E-state index is 0.0108. The molecule has 3 nitrogen and oxygen atoms in total. The van der Waals surface area contributed by atoms with Crippen molar-refractivity contribution in [2.24, 2.45) is 11.7 Å². The Morgan fingerprint density at radius 1 is 1.44 bits per heavy atom. The standard InChI is InChI=1S/C14H21ClN2O/c1-10(16)12-2-3-14(13(15)8-12)17-6-4-11(9-18)5-7-17/h2-3,8,10-11,18H,4-7,9,16H2,1H3/t10-/m1/s1. The number of aliphatic hydroxyl groups is 1. The molecule has 0 bridgehead atoms. The first-order valence-corrected chi connectivity index (χ1v) is 6.90. The van der Waals surface area contributed by atoms with E-state index in [1.165, 1.54) is 0 Å². The van der Waals surface area contributed by atoms with Crippen molar-refractivity contribution in [3.8, 4) is 0 Å². The molecule has 0 aliphatic carbocycles. The lowest BCUT2D eigenvalue weighted by molar-refractivity contribution is 0.203. The van der Waals surface area contributed by atoms with E-state index in [1.807, 2.05) is 19.1 Å². The van der Waals surface area contributed by atoms with Crippen LogP contribution in [0.1, 0.15) is 31.4 Å². The first kappa shape index (κ1) is 13.7. The number of piperidine rings is 1. The highest BCUT2D eigenvalue weighted by molar-refractivity contribution is 6.33. The number of benzene rings is 1. The Balaban J connectivity index is 2.10. The van der Waals surface area contributed by atoms with Crippen LogP contribution in [0.2, 0.25) is 5.02 Å². The van der Waals surface area contributed by atoms with Crippen molar-refractivity contribution in [3.05, 3.63) is 28.8 Å². The van der Waals surface area contributed by atoms with Crippen LogP contribution in [0, 0.1) is 5.92 Å². The predicted octanol–water partition coefficient (Wildman–Crippen LogP) is 2.57. The third kappa shape index (κ3) is 2.97. The lowest BCUT2D eigenvalue weighted by atomic mass is 9.97. The summed E-state index contributed by atoms with van der Waals surface area (Å²) in [5.41, 5.74) is 7.99. The van der Waals surface area contributed by atoms with E-state index in [4.69, 9.17) is 22.4 Å². The van der Waals surface area contributed by atoms with Crippen molar-refractivity contribution in [2.75, 3.05) is 24.6 Å². The number of halogens is 1. The van der Waals surface area contributed by atoms with Crippen molar-refractivity contribution in [1.82, 2.24) is 0 Å². The van der Waals surface area contributed by atoms with Gasteiger partial charge >= 0.3 is 0 Å². The summed E-state index contributed by atoms with van der Waals surface area (Å²) >= 11 is 6.33. The molecule has 4 heteroatoms. The number of nitrogens with zero attached hydrogens (tertiary/aromatic N) is 1. The first-order valence-electron chi connectivity index (χ1n) is 6.52. The summed E-state index contributed by atoms with van der Waals surface area (Å²) in [6.45, 7) is 4.17. The van der Waals surface area contributed by atoms with Gasteiger partial charge in [0.05, 0.1) is 10.7 Å². The van der Waals surface area contributed by atoms with E-state index in [0.717, 1.165) is 42.2 Å². The van der Waals surface area contributed by atoms with Gasteiger partial charge in [0.15, 0.2) is 0 Å². The van der Waals surface area contributed by atoms with Crippen LogP contribution in [0.4, 0.5) is 5.69 Å². The van der Waals surface area contributed by atoms with E-state index in [-0.39, 0.29) is 6.04 Å². The smallest absolute Gasteiger partial charge is 0.0642 e. The SMILES string of the molecule is C[C@@H](N)c1ccc(N2CCC(CO)CC2)c(Cl)c1. The molecule has 2 rings (SSSR count). The van der Waals surface area contributed by atoms with Crippen LogP contribution < -0.4 is 10.6 Å². The summed E-state index contributed by atoms with van der Waals surface area (Å²) in [7, 11) is 0. The second kappa shape index (κ2) is 5.91. The minimum absolute atomic E-state index is 0.0108. The Bertz CT molecular complexity index is 401. The van der Waals surface area contributed by atoms with Gasteiger partial charge in [-0.1, -0.05) is 17.7 Å². The minimum Gasteiger partial charge on any atom is -0.396 e. The van der Waals surface area contributed by atoms with E-state index in [2.05, 4.69) is 11.0 Å². The highest BCUT2D eigenvalue weighted by Crippen LogP contribution is 2.31. The molecule has 0 aromatic heterocycles. The van der Waals surface area contributed by atoms with Gasteiger partial charge in [-0.3, -0.25) is 0 Å². The molecule has 1 aliphatic heterocycles. The molecular weight excluding hydrogens is 248 g/mol. The summed E-state index contributed by atoms with van der Waals surface area (Å²) in [5.74, 6) is 0.448. The summed E-state index contributed by atoms with van der Waals surface area (Å²) in [4.78, 5) is 2.29. The van der Waals surface area contributed by atoms with Gasteiger partial charge in [-0.25, -0.2) is 0 Å². The number of nitrogens with two attached hydrogens (primary N) is 1. The van der Waals surface area contributed by atoms with Crippen LogP contribution in [-0.4, -0.2) is 24.8 Å². The van der Waals surface area contributed by atoms with Crippen molar-refractivity contribution >= 4 is 17.3 Å². The molecule has 1 aliphatic rings. The zero-order valence-electron chi connectivity index (χ0n) is 10.8. The fourth-order valence-electron chi connectivity index (χ4n) is 2.42. The molecule has 3 N–H and O–H groups in total. The van der Waals surface area contributed by atoms with E-state index < -0.39 is 0 Å². The number of rotatable bonds is 3. The molecule has 0 amide bonds. The van der Waals surface area contributed by atoms with Gasteiger partial charge in [-0.2, -0.15) is 0 Å². The third-order valence-corrected chi connectivity index (χ3v) is 4.01. The summed E-state index contributed by atoms with van der Waals surface area (Å²) < 4.78 is 0. The fraction of sp³-hybridized carbons (Fsp3) is 0.571. The zero-order chi connectivity index (χ0) is 13.1. The first-order chi connectivity index (χ1) is 8.61. The van der Waals surface area contributed by atoms with Crippen LogP contribution in [0.15, 0.2) is 18.2 Å². The molecule has 100 valence electrons. The van der Waals surface area contributed by atoms with E-state index in [9.17, 15) is 0 Å². The lowest BCUT2D eigenvalue weighted by Gasteiger charge is -2.33. The van der Waals surface area contributed by atoms with Gasteiger partial charge in [-0.15, -0.1) is 0 Å². The van der Waals surface area contributed by atoms with Gasteiger partial charge in [0.25, 0.3) is 0 Å². The molecule has 1 fully saturated rings. The molecule has 1 heterocycles. The van der Waals surface area contributed by atoms with Gasteiger partial charge in [-0.05, 0) is 43.4 Å². The number of aliphatic hydroxyl groups excluding tert-OH is 1. The highest BCUT2D eigenvalue weighted by atomic mass is 35.5. The average Bonchev–Trinajstić information content (AvgIpc) is 2.38. The lowest BCUT2D eigenvalue weighted by Crippen LogP contribution is -2.34. The summed E-state index contributed by atoms with van der Waals surface area (Å²) in [6, 6.07) is 6.07. The Morgan fingerprint density at radius 3 is 2.61 bits per heavy atom. The molecule has 0 radical (unpaired) electrons. The van der Waals surface area contributed by atoms with Crippen molar-refractivity contribution < 1.29 is 5.11 Å². The maximum atomic E-state index is 9.14. The molecule has 1 aromatic rings. The highest BCUT2D eigenvalue weighted by Gasteiger charge is 2.20. The van der Waals surface area contributed by atoms with Gasteiger partial charge < -0.3 is 15.7 Å². The molecule has 0 unspecified atom stereocenters. The zero-order valence-corrected chi connectivity index (χ0v) is 11.5. The molecule has 0 saturated carbocycles. The van der Waals surface area contributed by atoms with Crippen LogP contribution in [0.3, 0.4) is 0 Å².